The van der Waals surface area contributed by atoms with Gasteiger partial charge in [-0.2, -0.15) is 0 Å². The molecule has 0 aliphatic carbocycles. The summed E-state index contributed by atoms with van der Waals surface area (Å²) >= 11 is 0. The van der Waals surface area contributed by atoms with Crippen LogP contribution < -0.4 is 10.5 Å². The van der Waals surface area contributed by atoms with Crippen LogP contribution in [0.2, 0.25) is 0 Å². The van der Waals surface area contributed by atoms with Crippen molar-refractivity contribution in [1.82, 2.24) is 0 Å². The van der Waals surface area contributed by atoms with Crippen molar-refractivity contribution in [3.05, 3.63) is 29.3 Å². The van der Waals surface area contributed by atoms with Gasteiger partial charge >= 0.3 is 0 Å². The van der Waals surface area contributed by atoms with Crippen molar-refractivity contribution in [2.45, 2.75) is 39.2 Å². The van der Waals surface area contributed by atoms with E-state index >= 15 is 0 Å². The molecule has 15 heavy (non-hydrogen) atoms. The first-order chi connectivity index (χ1) is 7.10. The summed E-state index contributed by atoms with van der Waals surface area (Å²) in [5.41, 5.74) is 8.49. The molecule has 0 saturated heterocycles. The molecule has 1 atom stereocenters. The van der Waals surface area contributed by atoms with Crippen LogP contribution in [0, 0.1) is 0 Å². The molecular weight excluding hydrogens is 186 g/mol. The zero-order chi connectivity index (χ0) is 11.4. The molecule has 2 N–H and O–H groups in total. The van der Waals surface area contributed by atoms with Crippen molar-refractivity contribution in [3.63, 3.8) is 0 Å². The Hall–Kier alpha value is -1.02. The highest BCUT2D eigenvalue weighted by atomic mass is 16.5. The Morgan fingerprint density at radius 1 is 1.33 bits per heavy atom. The monoisotopic (exact) mass is 207 g/mol. The summed E-state index contributed by atoms with van der Waals surface area (Å²) in [7, 11) is 1.69. The van der Waals surface area contributed by atoms with E-state index in [0.29, 0.717) is 5.92 Å². The van der Waals surface area contributed by atoms with Gasteiger partial charge in [0.05, 0.1) is 7.11 Å². The summed E-state index contributed by atoms with van der Waals surface area (Å²) < 4.78 is 5.32. The third-order valence-electron chi connectivity index (χ3n) is 2.76. The van der Waals surface area contributed by atoms with E-state index in [1.807, 2.05) is 6.07 Å². The van der Waals surface area contributed by atoms with Crippen molar-refractivity contribution >= 4 is 0 Å². The maximum Gasteiger partial charge on any atom is 0.123 e. The first-order valence-electron chi connectivity index (χ1n) is 5.53. The quantitative estimate of drug-likeness (QED) is 0.822. The van der Waals surface area contributed by atoms with Crippen molar-refractivity contribution in [3.8, 4) is 5.75 Å². The summed E-state index contributed by atoms with van der Waals surface area (Å²) in [5, 5.41) is 0. The maximum absolute atomic E-state index is 6.06. The molecule has 2 heteroatoms. The second-order valence-corrected chi connectivity index (χ2v) is 4.17. The molecule has 0 aliphatic rings. The van der Waals surface area contributed by atoms with Crippen molar-refractivity contribution in [2.75, 3.05) is 7.11 Å². The van der Waals surface area contributed by atoms with Crippen LogP contribution in [0.3, 0.4) is 0 Å². The fourth-order valence-corrected chi connectivity index (χ4v) is 1.62. The minimum absolute atomic E-state index is 0.0682. The number of nitrogens with two attached hydrogens (primary N) is 1. The normalized spacial score (nSPS) is 12.9. The van der Waals surface area contributed by atoms with Crippen LogP contribution in [0.25, 0.3) is 0 Å². The lowest BCUT2D eigenvalue weighted by Crippen LogP contribution is -2.10. The van der Waals surface area contributed by atoms with Crippen LogP contribution in [0.4, 0.5) is 0 Å². The standard InChI is InChI=1S/C13H21NO/c1-5-12(14)11-8-10(9(2)3)6-7-13(11)15-4/h6-9,12H,5,14H2,1-4H3/t12-/m0/s1. The number of ether oxygens (including phenoxy) is 1. The fraction of sp³-hybridized carbons (Fsp3) is 0.538. The highest BCUT2D eigenvalue weighted by molar-refractivity contribution is 5.40. The Bertz CT molecular complexity index is 320. The van der Waals surface area contributed by atoms with Gasteiger partial charge in [0.15, 0.2) is 0 Å². The van der Waals surface area contributed by atoms with Gasteiger partial charge in [0, 0.05) is 11.6 Å². The molecule has 84 valence electrons. The Morgan fingerprint density at radius 3 is 2.47 bits per heavy atom. The van der Waals surface area contributed by atoms with Gasteiger partial charge in [-0.3, -0.25) is 0 Å². The topological polar surface area (TPSA) is 35.2 Å². The molecule has 0 aromatic heterocycles. The van der Waals surface area contributed by atoms with E-state index in [1.165, 1.54) is 5.56 Å². The van der Waals surface area contributed by atoms with Gasteiger partial charge in [0.1, 0.15) is 5.75 Å². The lowest BCUT2D eigenvalue weighted by molar-refractivity contribution is 0.404. The van der Waals surface area contributed by atoms with E-state index in [1.54, 1.807) is 7.11 Å². The van der Waals surface area contributed by atoms with Crippen LogP contribution in [0.5, 0.6) is 5.75 Å². The van der Waals surface area contributed by atoms with Crippen LogP contribution in [-0.4, -0.2) is 7.11 Å². The van der Waals surface area contributed by atoms with Gasteiger partial charge in [-0.15, -0.1) is 0 Å². The number of hydrogen-bond acceptors (Lipinski definition) is 2. The number of benzene rings is 1. The lowest BCUT2D eigenvalue weighted by atomic mass is 9.96. The molecule has 0 spiro atoms. The molecule has 0 saturated carbocycles. The molecule has 0 heterocycles. The molecule has 0 amide bonds. The zero-order valence-electron chi connectivity index (χ0n) is 10.1. The van der Waals surface area contributed by atoms with E-state index in [-0.39, 0.29) is 6.04 Å². The molecule has 0 radical (unpaired) electrons. The van der Waals surface area contributed by atoms with Crippen molar-refractivity contribution in [2.24, 2.45) is 5.73 Å². The van der Waals surface area contributed by atoms with E-state index in [9.17, 15) is 0 Å². The summed E-state index contributed by atoms with van der Waals surface area (Å²) in [4.78, 5) is 0. The molecule has 2 nitrogen and oxygen atoms in total. The van der Waals surface area contributed by atoms with Gasteiger partial charge in [0.2, 0.25) is 0 Å². The number of hydrogen-bond donors (Lipinski definition) is 1. The second-order valence-electron chi connectivity index (χ2n) is 4.17. The van der Waals surface area contributed by atoms with Crippen molar-refractivity contribution < 1.29 is 4.74 Å². The summed E-state index contributed by atoms with van der Waals surface area (Å²) in [6.07, 6.45) is 0.928. The predicted octanol–water partition coefficient (Wildman–Crippen LogP) is 3.23. The van der Waals surface area contributed by atoms with E-state index in [4.69, 9.17) is 10.5 Å². The SMILES string of the molecule is CC[C@H](N)c1cc(C(C)C)ccc1OC. The number of methoxy groups -OCH3 is 1. The maximum atomic E-state index is 6.06. The molecule has 1 aromatic rings. The van der Waals surface area contributed by atoms with Crippen LogP contribution in [0.1, 0.15) is 50.3 Å². The smallest absolute Gasteiger partial charge is 0.123 e. The van der Waals surface area contributed by atoms with Crippen LogP contribution in [-0.2, 0) is 0 Å². The largest absolute Gasteiger partial charge is 0.496 e. The fourth-order valence-electron chi connectivity index (χ4n) is 1.62. The summed E-state index contributed by atoms with van der Waals surface area (Å²) in [6, 6.07) is 6.35. The lowest BCUT2D eigenvalue weighted by Gasteiger charge is -2.16. The van der Waals surface area contributed by atoms with Crippen LogP contribution >= 0.6 is 0 Å². The third kappa shape index (κ3) is 2.72. The summed E-state index contributed by atoms with van der Waals surface area (Å²) in [6.45, 7) is 6.46. The Labute approximate surface area is 92.4 Å². The van der Waals surface area contributed by atoms with E-state index in [0.717, 1.165) is 17.7 Å². The minimum Gasteiger partial charge on any atom is -0.496 e. The minimum atomic E-state index is 0.0682. The molecule has 0 aliphatic heterocycles. The van der Waals surface area contributed by atoms with Gasteiger partial charge in [-0.05, 0) is 24.0 Å². The first kappa shape index (κ1) is 12.1. The average molecular weight is 207 g/mol. The first-order valence-corrected chi connectivity index (χ1v) is 5.53. The van der Waals surface area contributed by atoms with Gasteiger partial charge < -0.3 is 10.5 Å². The highest BCUT2D eigenvalue weighted by Crippen LogP contribution is 2.29. The van der Waals surface area contributed by atoms with E-state index in [2.05, 4.69) is 32.9 Å². The Morgan fingerprint density at radius 2 is 2.00 bits per heavy atom. The zero-order valence-corrected chi connectivity index (χ0v) is 10.1. The van der Waals surface area contributed by atoms with Gasteiger partial charge in [0.25, 0.3) is 0 Å². The predicted molar refractivity (Wildman–Crippen MR) is 64.3 cm³/mol. The summed E-state index contributed by atoms with van der Waals surface area (Å²) in [5.74, 6) is 1.42. The van der Waals surface area contributed by atoms with Crippen LogP contribution in [0.15, 0.2) is 18.2 Å². The average Bonchev–Trinajstić information content (AvgIpc) is 2.27. The van der Waals surface area contributed by atoms with Gasteiger partial charge in [-0.1, -0.05) is 32.9 Å². The Balaban J connectivity index is 3.13. The van der Waals surface area contributed by atoms with E-state index < -0.39 is 0 Å². The van der Waals surface area contributed by atoms with Gasteiger partial charge in [-0.25, -0.2) is 0 Å². The second kappa shape index (κ2) is 5.17. The Kier molecular flexibility index (Phi) is 4.15. The highest BCUT2D eigenvalue weighted by Gasteiger charge is 2.11. The molecule has 1 rings (SSSR count). The van der Waals surface area contributed by atoms with Crippen molar-refractivity contribution in [1.29, 1.82) is 0 Å². The molecule has 0 unspecified atom stereocenters. The number of rotatable bonds is 4. The molecule has 1 aromatic carbocycles. The molecule has 0 bridgehead atoms. The molecule has 0 fully saturated rings. The molecular formula is C13H21NO. The third-order valence-corrected chi connectivity index (χ3v) is 2.76.